The summed E-state index contributed by atoms with van der Waals surface area (Å²) in [4.78, 5) is 4.20. The van der Waals surface area contributed by atoms with E-state index in [0.29, 0.717) is 0 Å². The molecule has 0 aliphatic heterocycles. The molecule has 0 saturated heterocycles. The van der Waals surface area contributed by atoms with Gasteiger partial charge in [0.25, 0.3) is 0 Å². The highest BCUT2D eigenvalue weighted by molar-refractivity contribution is 5.53. The third kappa shape index (κ3) is 2.83. The predicted molar refractivity (Wildman–Crippen MR) is 73.2 cm³/mol. The Hall–Kier alpha value is -1.97. The number of imidazole rings is 1. The first kappa shape index (κ1) is 12.5. The zero-order valence-electron chi connectivity index (χ0n) is 11.1. The van der Waals surface area contributed by atoms with Gasteiger partial charge >= 0.3 is 0 Å². The molecule has 4 heteroatoms. The second-order valence-electron chi connectivity index (χ2n) is 4.28. The molecule has 0 fully saturated rings. The molecule has 0 atom stereocenters. The quantitative estimate of drug-likeness (QED) is 0.880. The number of methoxy groups -OCH3 is 1. The average Bonchev–Trinajstić information content (AvgIpc) is 2.77. The van der Waals surface area contributed by atoms with Crippen molar-refractivity contribution in [3.63, 3.8) is 0 Å². The van der Waals surface area contributed by atoms with E-state index in [1.807, 2.05) is 31.5 Å². The van der Waals surface area contributed by atoms with Gasteiger partial charge in [0, 0.05) is 31.2 Å². The van der Waals surface area contributed by atoms with Crippen molar-refractivity contribution in [2.75, 3.05) is 19.0 Å². The Bertz CT molecular complexity index is 520. The van der Waals surface area contributed by atoms with Gasteiger partial charge in [-0.25, -0.2) is 4.98 Å². The van der Waals surface area contributed by atoms with E-state index in [9.17, 15) is 0 Å². The van der Waals surface area contributed by atoms with Crippen molar-refractivity contribution >= 4 is 5.69 Å². The molecule has 0 amide bonds. The minimum atomic E-state index is 0.879. The monoisotopic (exact) mass is 245 g/mol. The zero-order valence-corrected chi connectivity index (χ0v) is 11.1. The second-order valence-corrected chi connectivity index (χ2v) is 4.28. The highest BCUT2D eigenvalue weighted by Gasteiger charge is 2.00. The Kier molecular flexibility index (Phi) is 3.87. The normalized spacial score (nSPS) is 10.4. The number of nitrogens with one attached hydrogen (secondary N) is 1. The highest BCUT2D eigenvalue weighted by atomic mass is 16.5. The van der Waals surface area contributed by atoms with Crippen LogP contribution in [-0.4, -0.2) is 23.2 Å². The van der Waals surface area contributed by atoms with E-state index in [4.69, 9.17) is 4.74 Å². The third-order valence-corrected chi connectivity index (χ3v) is 3.03. The first-order valence-corrected chi connectivity index (χ1v) is 6.07. The fourth-order valence-corrected chi connectivity index (χ4v) is 1.91. The number of benzene rings is 1. The summed E-state index contributed by atoms with van der Waals surface area (Å²) >= 11 is 0. The predicted octanol–water partition coefficient (Wildman–Crippen LogP) is 2.62. The highest BCUT2D eigenvalue weighted by Crippen LogP contribution is 2.20. The maximum atomic E-state index is 5.19. The van der Waals surface area contributed by atoms with Crippen LogP contribution in [0.15, 0.2) is 30.6 Å². The lowest BCUT2D eigenvalue weighted by atomic mass is 10.2. The lowest BCUT2D eigenvalue weighted by molar-refractivity contribution is 0.414. The maximum absolute atomic E-state index is 5.19. The first-order chi connectivity index (χ1) is 8.70. The minimum absolute atomic E-state index is 0.879. The van der Waals surface area contributed by atoms with Crippen molar-refractivity contribution in [1.82, 2.24) is 9.55 Å². The minimum Gasteiger partial charge on any atom is -0.497 e. The van der Waals surface area contributed by atoms with E-state index in [-0.39, 0.29) is 0 Å². The van der Waals surface area contributed by atoms with Gasteiger partial charge in [0.15, 0.2) is 0 Å². The Morgan fingerprint density at radius 2 is 2.17 bits per heavy atom. The van der Waals surface area contributed by atoms with Gasteiger partial charge in [-0.3, -0.25) is 0 Å². The van der Waals surface area contributed by atoms with Crippen molar-refractivity contribution in [3.05, 3.63) is 42.0 Å². The van der Waals surface area contributed by atoms with Crippen LogP contribution in [-0.2, 0) is 6.54 Å². The zero-order chi connectivity index (χ0) is 13.0. The molecule has 1 heterocycles. The van der Waals surface area contributed by atoms with Gasteiger partial charge in [0.05, 0.1) is 7.11 Å². The Labute approximate surface area is 108 Å². The number of nitrogens with zero attached hydrogens (tertiary/aromatic N) is 2. The molecule has 1 aromatic heterocycles. The van der Waals surface area contributed by atoms with Crippen LogP contribution in [0.2, 0.25) is 0 Å². The Morgan fingerprint density at radius 1 is 1.33 bits per heavy atom. The molecular weight excluding hydrogens is 226 g/mol. The van der Waals surface area contributed by atoms with Crippen LogP contribution >= 0.6 is 0 Å². The molecule has 0 bridgehead atoms. The fourth-order valence-electron chi connectivity index (χ4n) is 1.91. The van der Waals surface area contributed by atoms with Crippen LogP contribution in [0.3, 0.4) is 0 Å². The summed E-state index contributed by atoms with van der Waals surface area (Å²) in [6, 6.07) is 6.05. The van der Waals surface area contributed by atoms with Crippen molar-refractivity contribution in [2.24, 2.45) is 0 Å². The number of aryl methyl sites for hydroxylation is 2. The van der Waals surface area contributed by atoms with Gasteiger partial charge in [0.2, 0.25) is 0 Å². The number of hydrogen-bond donors (Lipinski definition) is 1. The summed E-state index contributed by atoms with van der Waals surface area (Å²) in [7, 11) is 1.68. The molecule has 4 nitrogen and oxygen atoms in total. The molecule has 18 heavy (non-hydrogen) atoms. The van der Waals surface area contributed by atoms with Gasteiger partial charge in [0.1, 0.15) is 11.6 Å². The molecule has 0 spiro atoms. The molecule has 2 aromatic rings. The fraction of sp³-hybridized carbons (Fsp3) is 0.357. The molecule has 1 aromatic carbocycles. The van der Waals surface area contributed by atoms with Crippen LogP contribution in [0.25, 0.3) is 0 Å². The summed E-state index contributed by atoms with van der Waals surface area (Å²) in [6.07, 6.45) is 3.83. The molecule has 1 N–H and O–H groups in total. The maximum Gasteiger partial charge on any atom is 0.119 e. The Morgan fingerprint density at radius 3 is 2.78 bits per heavy atom. The van der Waals surface area contributed by atoms with E-state index in [0.717, 1.165) is 30.4 Å². The number of hydrogen-bond acceptors (Lipinski definition) is 3. The number of anilines is 1. The number of ether oxygens (including phenoxy) is 1. The summed E-state index contributed by atoms with van der Waals surface area (Å²) in [6.45, 7) is 5.88. The SMILES string of the molecule is COc1ccc(NCCn2ccnc2C)c(C)c1. The van der Waals surface area contributed by atoms with Gasteiger partial charge in [-0.1, -0.05) is 0 Å². The molecular formula is C14H19N3O. The van der Waals surface area contributed by atoms with Crippen LogP contribution in [0, 0.1) is 13.8 Å². The molecule has 0 radical (unpaired) electrons. The molecule has 0 saturated carbocycles. The lowest BCUT2D eigenvalue weighted by Crippen LogP contribution is -2.11. The Balaban J connectivity index is 1.92. The topological polar surface area (TPSA) is 39.1 Å². The van der Waals surface area contributed by atoms with E-state index >= 15 is 0 Å². The van der Waals surface area contributed by atoms with Crippen LogP contribution in [0.1, 0.15) is 11.4 Å². The van der Waals surface area contributed by atoms with Crippen molar-refractivity contribution in [2.45, 2.75) is 20.4 Å². The molecule has 96 valence electrons. The molecule has 0 unspecified atom stereocenters. The summed E-state index contributed by atoms with van der Waals surface area (Å²) in [5.74, 6) is 1.94. The van der Waals surface area contributed by atoms with Crippen molar-refractivity contribution in [3.8, 4) is 5.75 Å². The average molecular weight is 245 g/mol. The van der Waals surface area contributed by atoms with E-state index in [2.05, 4.69) is 27.9 Å². The standard InChI is InChI=1S/C14H19N3O/c1-11-10-13(18-3)4-5-14(11)16-7-9-17-8-6-15-12(17)2/h4-6,8,10,16H,7,9H2,1-3H3. The van der Waals surface area contributed by atoms with Gasteiger partial charge in [-0.2, -0.15) is 0 Å². The largest absolute Gasteiger partial charge is 0.497 e. The van der Waals surface area contributed by atoms with Crippen molar-refractivity contribution in [1.29, 1.82) is 0 Å². The number of rotatable bonds is 5. The lowest BCUT2D eigenvalue weighted by Gasteiger charge is -2.11. The smallest absolute Gasteiger partial charge is 0.119 e. The van der Waals surface area contributed by atoms with Gasteiger partial charge in [-0.05, 0) is 37.6 Å². The molecule has 2 rings (SSSR count). The second kappa shape index (κ2) is 5.58. The van der Waals surface area contributed by atoms with E-state index in [1.54, 1.807) is 7.11 Å². The van der Waals surface area contributed by atoms with Crippen LogP contribution in [0.5, 0.6) is 5.75 Å². The van der Waals surface area contributed by atoms with E-state index < -0.39 is 0 Å². The molecule has 0 aliphatic carbocycles. The van der Waals surface area contributed by atoms with Crippen molar-refractivity contribution < 1.29 is 4.74 Å². The van der Waals surface area contributed by atoms with Crippen LogP contribution < -0.4 is 10.1 Å². The molecule has 0 aliphatic rings. The summed E-state index contributed by atoms with van der Waals surface area (Å²) in [5.41, 5.74) is 2.34. The first-order valence-electron chi connectivity index (χ1n) is 6.07. The van der Waals surface area contributed by atoms with Gasteiger partial charge in [-0.15, -0.1) is 0 Å². The summed E-state index contributed by atoms with van der Waals surface area (Å²) < 4.78 is 7.32. The summed E-state index contributed by atoms with van der Waals surface area (Å²) in [5, 5.41) is 3.43. The van der Waals surface area contributed by atoms with E-state index in [1.165, 1.54) is 5.56 Å². The van der Waals surface area contributed by atoms with Gasteiger partial charge < -0.3 is 14.6 Å². The third-order valence-electron chi connectivity index (χ3n) is 3.03. The number of aromatic nitrogens is 2. The van der Waals surface area contributed by atoms with Crippen LogP contribution in [0.4, 0.5) is 5.69 Å².